The molecule has 0 saturated heterocycles. The fourth-order valence-corrected chi connectivity index (χ4v) is 0.933. The standard InChI is InChI=1S/C12H10O.5CO.Cr/c1-3-11-7-4-5-8-12(11)9-6-10-13-2;5*1-2;/h3-5,7-8H,1H2,2H3;;;;;;. The quantitative estimate of drug-likeness (QED) is 0.448. The zero-order chi connectivity index (χ0) is 19.5. The van der Waals surface area contributed by atoms with Crippen LogP contribution < -0.4 is 0 Å². The maximum Gasteiger partial charge on any atom is 0 e. The monoisotopic (exact) mass is 362 g/mol. The van der Waals surface area contributed by atoms with E-state index in [9.17, 15) is 0 Å². The van der Waals surface area contributed by atoms with Crippen molar-refractivity contribution in [2.75, 3.05) is 7.11 Å². The van der Waals surface area contributed by atoms with Crippen molar-refractivity contribution >= 4 is 6.08 Å². The van der Waals surface area contributed by atoms with Crippen LogP contribution in [0.2, 0.25) is 0 Å². The zero-order valence-electron chi connectivity index (χ0n) is 12.5. The molecule has 0 atom stereocenters. The first-order valence-electron chi connectivity index (χ1n) is 4.91. The van der Waals surface area contributed by atoms with Crippen LogP contribution in [-0.2, 0) is 45.4 Å². The molecule has 0 saturated carbocycles. The van der Waals surface area contributed by atoms with Gasteiger partial charge in [0, 0.05) is 30.0 Å². The van der Waals surface area contributed by atoms with Crippen molar-refractivity contribution in [1.29, 1.82) is 0 Å². The van der Waals surface area contributed by atoms with Gasteiger partial charge < -0.3 is 4.74 Å². The Hall–Kier alpha value is -2.29. The average molecular weight is 362 g/mol. The van der Waals surface area contributed by atoms with E-state index in [1.165, 1.54) is 7.11 Å². The minimum Gasteiger partial charge on any atom is 0 e. The minimum atomic E-state index is 0. The Labute approximate surface area is 152 Å². The van der Waals surface area contributed by atoms with Gasteiger partial charge in [-0.1, -0.05) is 42.7 Å². The van der Waals surface area contributed by atoms with Gasteiger partial charge in [-0.2, -0.15) is 0 Å². The molecule has 0 heterocycles. The molecule has 0 unspecified atom stereocenters. The van der Waals surface area contributed by atoms with Crippen LogP contribution in [0.3, 0.4) is 0 Å². The average Bonchev–Trinajstić information content (AvgIpc) is 2.70. The molecule has 0 N–H and O–H groups in total. The van der Waals surface area contributed by atoms with E-state index >= 15 is 0 Å². The Morgan fingerprint density at radius 1 is 0.917 bits per heavy atom. The summed E-state index contributed by atoms with van der Waals surface area (Å²) >= 11 is 0. The van der Waals surface area contributed by atoms with Gasteiger partial charge in [0.05, 0.1) is 0 Å². The summed E-state index contributed by atoms with van der Waals surface area (Å²) in [7, 11) is 1.52. The molecule has 1 aromatic carbocycles. The number of methoxy groups -OCH3 is 1. The van der Waals surface area contributed by atoms with Crippen molar-refractivity contribution in [3.63, 3.8) is 0 Å². The smallest absolute Gasteiger partial charge is 0 e. The summed E-state index contributed by atoms with van der Waals surface area (Å²) in [6.07, 6.45) is 1.77. The Balaban J connectivity index is -0.0000000634. The van der Waals surface area contributed by atoms with Crippen molar-refractivity contribution in [2.45, 2.75) is 0 Å². The van der Waals surface area contributed by atoms with Gasteiger partial charge in [-0.15, -0.1) is 0 Å². The van der Waals surface area contributed by atoms with E-state index in [-0.39, 0.29) is 17.4 Å². The maximum absolute atomic E-state index is 7.50. The van der Waals surface area contributed by atoms with Gasteiger partial charge in [-0.25, -0.2) is 0 Å². The Bertz CT molecular complexity index is 509. The van der Waals surface area contributed by atoms with Crippen molar-refractivity contribution < 1.29 is 45.4 Å². The van der Waals surface area contributed by atoms with E-state index < -0.39 is 0 Å². The third-order valence-corrected chi connectivity index (χ3v) is 1.53. The Morgan fingerprint density at radius 3 is 1.71 bits per heavy atom. The van der Waals surface area contributed by atoms with Gasteiger partial charge in [0.2, 0.25) is 6.61 Å². The Morgan fingerprint density at radius 2 is 1.33 bits per heavy atom. The molecule has 0 aliphatic carbocycles. The molecule has 0 aliphatic heterocycles. The van der Waals surface area contributed by atoms with E-state index in [4.69, 9.17) is 23.3 Å². The second-order valence-corrected chi connectivity index (χ2v) is 2.35. The van der Waals surface area contributed by atoms with Crippen LogP contribution in [-0.4, -0.2) is 7.11 Å². The second kappa shape index (κ2) is 49.8. The van der Waals surface area contributed by atoms with Crippen LogP contribution in [0.4, 0.5) is 0 Å². The summed E-state index contributed by atoms with van der Waals surface area (Å²) in [5.41, 5.74) is 1.95. The van der Waals surface area contributed by atoms with E-state index in [1.54, 1.807) is 6.08 Å². The van der Waals surface area contributed by atoms with Gasteiger partial charge in [-0.3, -0.25) is 0 Å². The summed E-state index contributed by atoms with van der Waals surface area (Å²) in [6, 6.07) is 7.78. The van der Waals surface area contributed by atoms with Gasteiger partial charge in [-0.05, 0) is 11.6 Å². The number of hydrogen-bond acceptors (Lipinski definition) is 1. The van der Waals surface area contributed by atoms with Gasteiger partial charge >= 0.3 is 56.5 Å². The predicted molar refractivity (Wildman–Crippen MR) is 73.3 cm³/mol. The first-order chi connectivity index (χ1) is 11.4. The minimum absolute atomic E-state index is 0. The second-order valence-electron chi connectivity index (χ2n) is 2.35. The van der Waals surface area contributed by atoms with Crippen LogP contribution in [0.1, 0.15) is 11.1 Å². The summed E-state index contributed by atoms with van der Waals surface area (Å²) in [6.45, 7) is 28.7. The molecule has 1 rings (SSSR count). The topological polar surface area (TPSA) is 109 Å². The van der Waals surface area contributed by atoms with E-state index in [1.807, 2.05) is 24.3 Å². The first-order valence-corrected chi connectivity index (χ1v) is 4.91. The molecule has 6 nitrogen and oxygen atoms in total. The van der Waals surface area contributed by atoms with Crippen molar-refractivity contribution in [1.82, 2.24) is 0 Å². The van der Waals surface area contributed by atoms with Crippen LogP contribution in [0, 0.1) is 51.7 Å². The van der Waals surface area contributed by atoms with Crippen molar-refractivity contribution in [2.24, 2.45) is 0 Å². The molecule has 0 bridgehead atoms. The van der Waals surface area contributed by atoms with Gasteiger partial charge in [0.1, 0.15) is 0 Å². The molecule has 24 heavy (non-hydrogen) atoms. The summed E-state index contributed by atoms with van der Waals surface area (Å²) in [5, 5.41) is 0. The van der Waals surface area contributed by atoms with E-state index in [2.05, 4.69) is 63.0 Å². The number of benzene rings is 1. The summed E-state index contributed by atoms with van der Waals surface area (Å²) in [4.78, 5) is 0. The van der Waals surface area contributed by atoms with E-state index in [0.717, 1.165) is 11.1 Å². The molecule has 2 radical (unpaired) electrons. The molecule has 0 aromatic heterocycles. The normalized spacial score (nSPS) is 5.12. The Kier molecular flexibility index (Phi) is 78.3. The number of rotatable bonds is 2. The third-order valence-electron chi connectivity index (χ3n) is 1.53. The van der Waals surface area contributed by atoms with Crippen LogP contribution in [0.15, 0.2) is 30.8 Å². The fraction of sp³-hybridized carbons (Fsp3) is 0.0588. The molecule has 1 aromatic rings. The predicted octanol–water partition coefficient (Wildman–Crippen LogP) is 2.18. The molecular formula is C17H10CrO6. The molecule has 0 amide bonds. The van der Waals surface area contributed by atoms with Crippen molar-refractivity contribution in [3.8, 4) is 11.8 Å². The van der Waals surface area contributed by atoms with Crippen LogP contribution >= 0.6 is 0 Å². The SMILES string of the molecule is C=Cc1ccccc1C#C[C]OC.[C-]#[O+].[C-]#[O+].[C-]#[O+].[C-]#[O+].[C-]#[O+].[Cr]. The van der Waals surface area contributed by atoms with E-state index in [0.29, 0.717) is 0 Å². The van der Waals surface area contributed by atoms with Crippen LogP contribution in [0.5, 0.6) is 0 Å². The molecule has 120 valence electrons. The number of hydrogen-bond donors (Lipinski definition) is 0. The molecule has 0 spiro atoms. The molecular weight excluding hydrogens is 352 g/mol. The number of ether oxygens (including phenoxy) is 1. The molecule has 0 aliphatic rings. The summed E-state index contributed by atoms with van der Waals surface area (Å²) < 4.78 is 42.1. The fourth-order valence-electron chi connectivity index (χ4n) is 0.933. The summed E-state index contributed by atoms with van der Waals surface area (Å²) in [5.74, 6) is 5.56. The van der Waals surface area contributed by atoms with Gasteiger partial charge in [0.25, 0.3) is 0 Å². The maximum atomic E-state index is 7.50. The largest absolute Gasteiger partial charge is 0 e. The molecule has 0 fully saturated rings. The van der Waals surface area contributed by atoms with Gasteiger partial charge in [0.15, 0.2) is 0 Å². The van der Waals surface area contributed by atoms with Crippen molar-refractivity contribution in [3.05, 3.63) is 81.8 Å². The first kappa shape index (κ1) is 37.7. The molecule has 7 heteroatoms. The third kappa shape index (κ3) is 28.0. The van der Waals surface area contributed by atoms with Crippen LogP contribution in [0.25, 0.3) is 6.08 Å². The zero-order valence-corrected chi connectivity index (χ0v) is 13.7.